The Hall–Kier alpha value is -1.90. The maximum absolute atomic E-state index is 11.2. The lowest BCUT2D eigenvalue weighted by molar-refractivity contribution is -0.140. The topological polar surface area (TPSA) is 102 Å². The van der Waals surface area contributed by atoms with Gasteiger partial charge in [0.1, 0.15) is 6.10 Å². The first-order valence-corrected chi connectivity index (χ1v) is 6.08. The fraction of sp³-hybridized carbons (Fsp3) is 0.429. The molecule has 0 heterocycles. The molecular formula is C14H15NO4. The third kappa shape index (κ3) is 2.46. The van der Waals surface area contributed by atoms with Crippen molar-refractivity contribution in [1.29, 1.82) is 5.26 Å². The van der Waals surface area contributed by atoms with Crippen LogP contribution in [0, 0.1) is 11.3 Å². The highest BCUT2D eigenvalue weighted by Gasteiger charge is 2.51. The highest BCUT2D eigenvalue weighted by Crippen LogP contribution is 2.48. The Labute approximate surface area is 110 Å². The maximum atomic E-state index is 11.2. The van der Waals surface area contributed by atoms with Crippen LogP contribution < -0.4 is 0 Å². The molecule has 0 aliphatic heterocycles. The number of rotatable bonds is 5. The molecule has 0 saturated heterocycles. The Bertz CT molecular complexity index is 513. The number of nitriles is 1. The average Bonchev–Trinajstić information content (AvgIpc) is 3.20. The van der Waals surface area contributed by atoms with Crippen molar-refractivity contribution in [2.75, 3.05) is 0 Å². The van der Waals surface area contributed by atoms with Gasteiger partial charge in [-0.05, 0) is 24.0 Å². The van der Waals surface area contributed by atoms with Crippen LogP contribution in [0.3, 0.4) is 0 Å². The molecule has 1 aliphatic rings. The van der Waals surface area contributed by atoms with Gasteiger partial charge in [-0.3, -0.25) is 4.79 Å². The number of nitrogens with zero attached hydrogens (tertiary/aromatic N) is 1. The van der Waals surface area contributed by atoms with Crippen molar-refractivity contribution in [2.24, 2.45) is 0 Å². The van der Waals surface area contributed by atoms with Crippen LogP contribution in [0.5, 0.6) is 0 Å². The molecule has 19 heavy (non-hydrogen) atoms. The van der Waals surface area contributed by atoms with E-state index >= 15 is 0 Å². The van der Waals surface area contributed by atoms with Gasteiger partial charge in [-0.1, -0.05) is 24.3 Å². The second kappa shape index (κ2) is 5.00. The zero-order chi connectivity index (χ0) is 14.0. The molecule has 3 N–H and O–H groups in total. The number of hydrogen-bond donors (Lipinski definition) is 3. The van der Waals surface area contributed by atoms with E-state index in [4.69, 9.17) is 10.4 Å². The number of hydrogen-bond acceptors (Lipinski definition) is 4. The lowest BCUT2D eigenvalue weighted by atomic mass is 9.93. The number of aliphatic carboxylic acids is 1. The average molecular weight is 261 g/mol. The summed E-state index contributed by atoms with van der Waals surface area (Å²) in [5.41, 5.74) is 0.424. The predicted molar refractivity (Wildman–Crippen MR) is 66.2 cm³/mol. The Kier molecular flexibility index (Phi) is 3.56. The highest BCUT2D eigenvalue weighted by atomic mass is 16.4. The molecular weight excluding hydrogens is 246 g/mol. The van der Waals surface area contributed by atoms with Gasteiger partial charge in [0.05, 0.1) is 24.0 Å². The van der Waals surface area contributed by atoms with Gasteiger partial charge in [0.15, 0.2) is 0 Å². The molecule has 0 aromatic heterocycles. The van der Waals surface area contributed by atoms with Crippen molar-refractivity contribution in [3.8, 4) is 6.07 Å². The number of aliphatic hydroxyl groups excluding tert-OH is 2. The van der Waals surface area contributed by atoms with E-state index in [9.17, 15) is 15.0 Å². The van der Waals surface area contributed by atoms with Crippen LogP contribution in [0.2, 0.25) is 0 Å². The number of carboxylic acids is 1. The quantitative estimate of drug-likeness (QED) is 0.737. The molecule has 0 bridgehead atoms. The zero-order valence-electron chi connectivity index (χ0n) is 10.3. The van der Waals surface area contributed by atoms with Gasteiger partial charge in [0.2, 0.25) is 0 Å². The number of carboxylic acid groups (broad SMARTS) is 1. The third-order valence-corrected chi connectivity index (χ3v) is 3.63. The standard InChI is InChI=1S/C14H15NO4/c15-8-5-11(16)12(17)9-1-3-10(4-2-9)14(6-7-14)13(18)19/h1-4,11-12,16-17H,5-7H2,(H,18,19). The van der Waals surface area contributed by atoms with E-state index in [-0.39, 0.29) is 6.42 Å². The summed E-state index contributed by atoms with van der Waals surface area (Å²) >= 11 is 0. The number of aliphatic hydroxyl groups is 2. The van der Waals surface area contributed by atoms with Crippen molar-refractivity contribution in [2.45, 2.75) is 36.9 Å². The van der Waals surface area contributed by atoms with Crippen LogP contribution in [-0.2, 0) is 10.2 Å². The lowest BCUT2D eigenvalue weighted by Crippen LogP contribution is -2.20. The Morgan fingerprint density at radius 2 is 1.89 bits per heavy atom. The minimum absolute atomic E-state index is 0.151. The van der Waals surface area contributed by atoms with Crippen LogP contribution in [0.4, 0.5) is 0 Å². The van der Waals surface area contributed by atoms with Gasteiger partial charge >= 0.3 is 5.97 Å². The summed E-state index contributed by atoms with van der Waals surface area (Å²) in [6.45, 7) is 0. The summed E-state index contributed by atoms with van der Waals surface area (Å²) in [5.74, 6) is -0.828. The lowest BCUT2D eigenvalue weighted by Gasteiger charge is -2.17. The molecule has 0 amide bonds. The van der Waals surface area contributed by atoms with Gasteiger partial charge in [-0.2, -0.15) is 5.26 Å². The first kappa shape index (κ1) is 13.5. The van der Waals surface area contributed by atoms with Gasteiger partial charge in [0, 0.05) is 0 Å². The van der Waals surface area contributed by atoms with Gasteiger partial charge in [0.25, 0.3) is 0 Å². The summed E-state index contributed by atoms with van der Waals surface area (Å²) < 4.78 is 0. The molecule has 0 radical (unpaired) electrons. The Morgan fingerprint density at radius 3 is 2.32 bits per heavy atom. The van der Waals surface area contributed by atoms with Crippen LogP contribution in [0.15, 0.2) is 24.3 Å². The predicted octanol–water partition coefficient (Wildman–Crippen LogP) is 1.11. The molecule has 1 aromatic carbocycles. The van der Waals surface area contributed by atoms with Crippen LogP contribution in [0.25, 0.3) is 0 Å². The van der Waals surface area contributed by atoms with Crippen LogP contribution in [0.1, 0.15) is 36.5 Å². The zero-order valence-corrected chi connectivity index (χ0v) is 10.3. The smallest absolute Gasteiger partial charge is 0.314 e. The largest absolute Gasteiger partial charge is 0.481 e. The highest BCUT2D eigenvalue weighted by molar-refractivity contribution is 5.84. The van der Waals surface area contributed by atoms with E-state index in [1.54, 1.807) is 30.3 Å². The van der Waals surface area contributed by atoms with E-state index in [1.165, 1.54) is 0 Å². The minimum Gasteiger partial charge on any atom is -0.481 e. The summed E-state index contributed by atoms with van der Waals surface area (Å²) in [4.78, 5) is 11.2. The summed E-state index contributed by atoms with van der Waals surface area (Å²) in [5, 5.41) is 37.0. The second-order valence-corrected chi connectivity index (χ2v) is 4.88. The fourth-order valence-corrected chi connectivity index (χ4v) is 2.18. The molecule has 1 aromatic rings. The van der Waals surface area contributed by atoms with E-state index in [2.05, 4.69) is 0 Å². The summed E-state index contributed by atoms with van der Waals surface area (Å²) in [6.07, 6.45) is -1.16. The first-order valence-electron chi connectivity index (χ1n) is 6.08. The van der Waals surface area contributed by atoms with E-state index in [1.807, 2.05) is 0 Å². The van der Waals surface area contributed by atoms with Gasteiger partial charge in [-0.15, -0.1) is 0 Å². The molecule has 5 heteroatoms. The Morgan fingerprint density at radius 1 is 1.32 bits per heavy atom. The fourth-order valence-electron chi connectivity index (χ4n) is 2.18. The van der Waals surface area contributed by atoms with E-state index < -0.39 is 23.6 Å². The minimum atomic E-state index is -1.13. The Balaban J connectivity index is 2.16. The molecule has 1 saturated carbocycles. The molecule has 2 unspecified atom stereocenters. The van der Waals surface area contributed by atoms with Crippen LogP contribution in [-0.4, -0.2) is 27.4 Å². The van der Waals surface area contributed by atoms with Crippen molar-refractivity contribution in [1.82, 2.24) is 0 Å². The van der Waals surface area contributed by atoms with E-state index in [0.717, 1.165) is 0 Å². The third-order valence-electron chi connectivity index (χ3n) is 3.63. The van der Waals surface area contributed by atoms with E-state index in [0.29, 0.717) is 24.0 Å². The molecule has 1 aliphatic carbocycles. The van der Waals surface area contributed by atoms with Gasteiger partial charge < -0.3 is 15.3 Å². The molecule has 0 spiro atoms. The van der Waals surface area contributed by atoms with Crippen molar-refractivity contribution < 1.29 is 20.1 Å². The monoisotopic (exact) mass is 261 g/mol. The second-order valence-electron chi connectivity index (χ2n) is 4.88. The summed E-state index contributed by atoms with van der Waals surface area (Å²) in [6, 6.07) is 8.32. The van der Waals surface area contributed by atoms with Crippen LogP contribution >= 0.6 is 0 Å². The maximum Gasteiger partial charge on any atom is 0.314 e. The normalized spacial score (nSPS) is 19.2. The molecule has 1 fully saturated rings. The van der Waals surface area contributed by atoms with Crippen molar-refractivity contribution in [3.63, 3.8) is 0 Å². The SMILES string of the molecule is N#CCC(O)C(O)c1ccc(C2(C(=O)O)CC2)cc1. The van der Waals surface area contributed by atoms with Crippen molar-refractivity contribution >= 4 is 5.97 Å². The molecule has 2 atom stereocenters. The first-order chi connectivity index (χ1) is 9.01. The molecule has 2 rings (SSSR count). The number of carbonyl (C=O) groups is 1. The number of benzene rings is 1. The molecule has 5 nitrogen and oxygen atoms in total. The van der Waals surface area contributed by atoms with Crippen molar-refractivity contribution in [3.05, 3.63) is 35.4 Å². The molecule has 100 valence electrons. The summed E-state index contributed by atoms with van der Waals surface area (Å²) in [7, 11) is 0. The van der Waals surface area contributed by atoms with Gasteiger partial charge in [-0.25, -0.2) is 0 Å².